The van der Waals surface area contributed by atoms with Crippen LogP contribution in [0, 0.1) is 0 Å². The van der Waals surface area contributed by atoms with E-state index < -0.39 is 22.7 Å². The molecule has 6 heteroatoms. The number of halogens is 3. The van der Waals surface area contributed by atoms with Gasteiger partial charge in [0.1, 0.15) is 5.75 Å². The lowest BCUT2D eigenvalue weighted by atomic mass is 10.3. The first-order valence-electron chi connectivity index (χ1n) is 3.48. The van der Waals surface area contributed by atoms with Gasteiger partial charge in [0.2, 0.25) is 0 Å². The van der Waals surface area contributed by atoms with Crippen molar-refractivity contribution in [3.8, 4) is 0 Å². The lowest BCUT2D eigenvalue weighted by Gasteiger charge is -2.07. The summed E-state index contributed by atoms with van der Waals surface area (Å²) >= 11 is 0. The van der Waals surface area contributed by atoms with Crippen molar-refractivity contribution >= 4 is 10.8 Å². The van der Waals surface area contributed by atoms with E-state index in [1.54, 1.807) is 6.92 Å². The Morgan fingerprint density at radius 2 is 2.00 bits per heavy atom. The highest BCUT2D eigenvalue weighted by atomic mass is 32.2. The maximum absolute atomic E-state index is 11.6. The molecule has 0 saturated heterocycles. The van der Waals surface area contributed by atoms with Crippen molar-refractivity contribution in [3.05, 3.63) is 0 Å². The molecule has 0 aliphatic rings. The summed E-state index contributed by atoms with van der Waals surface area (Å²) in [4.78, 5) is 0. The van der Waals surface area contributed by atoms with Gasteiger partial charge in [-0.2, -0.15) is 13.2 Å². The Morgan fingerprint density at radius 1 is 1.50 bits per heavy atom. The van der Waals surface area contributed by atoms with Crippen LogP contribution in [-0.4, -0.2) is 27.9 Å². The maximum Gasteiger partial charge on any atom is 0.400 e. The van der Waals surface area contributed by atoms with E-state index in [4.69, 9.17) is 5.73 Å². The number of hydrogen-bond acceptors (Lipinski definition) is 2. The molecule has 2 atom stereocenters. The summed E-state index contributed by atoms with van der Waals surface area (Å²) in [6.07, 6.45) is -3.97. The average Bonchev–Trinajstić information content (AvgIpc) is 1.79. The minimum absolute atomic E-state index is 0.0250. The zero-order chi connectivity index (χ0) is 9.78. The summed E-state index contributed by atoms with van der Waals surface area (Å²) in [5, 5.41) is 0. The Hall–Kier alpha value is -0.100. The van der Waals surface area contributed by atoms with Crippen LogP contribution in [0.3, 0.4) is 0 Å². The first-order chi connectivity index (χ1) is 5.31. The van der Waals surface area contributed by atoms with Crippen LogP contribution in [0.2, 0.25) is 0 Å². The van der Waals surface area contributed by atoms with E-state index >= 15 is 0 Å². The molecule has 0 aliphatic heterocycles. The second kappa shape index (κ2) is 4.81. The smallest absolute Gasteiger partial charge is 0.328 e. The minimum Gasteiger partial charge on any atom is -0.328 e. The van der Waals surface area contributed by atoms with Crippen LogP contribution in [0.1, 0.15) is 13.3 Å². The molecular formula is C6H12F3NOS. The molecule has 0 saturated carbocycles. The quantitative estimate of drug-likeness (QED) is 0.741. The summed E-state index contributed by atoms with van der Waals surface area (Å²) in [6, 6.07) is -0.192. The fraction of sp³-hybridized carbons (Fsp3) is 1.00. The Balaban J connectivity index is 3.61. The van der Waals surface area contributed by atoms with Gasteiger partial charge in [-0.3, -0.25) is 4.21 Å². The maximum atomic E-state index is 11.6. The van der Waals surface area contributed by atoms with Gasteiger partial charge in [0.05, 0.1) is 0 Å². The monoisotopic (exact) mass is 203 g/mol. The van der Waals surface area contributed by atoms with Crippen LogP contribution >= 0.6 is 0 Å². The molecule has 2 unspecified atom stereocenters. The van der Waals surface area contributed by atoms with E-state index in [-0.39, 0.29) is 11.8 Å². The Morgan fingerprint density at radius 3 is 2.33 bits per heavy atom. The molecule has 0 fully saturated rings. The summed E-state index contributed by atoms with van der Waals surface area (Å²) in [7, 11) is -1.82. The van der Waals surface area contributed by atoms with Crippen molar-refractivity contribution in [1.29, 1.82) is 0 Å². The third-order valence-corrected chi connectivity index (χ3v) is 2.47. The third-order valence-electron chi connectivity index (χ3n) is 1.13. The minimum atomic E-state index is -4.33. The largest absolute Gasteiger partial charge is 0.400 e. The first-order valence-corrected chi connectivity index (χ1v) is 4.97. The van der Waals surface area contributed by atoms with Gasteiger partial charge in [-0.15, -0.1) is 0 Å². The molecular weight excluding hydrogens is 191 g/mol. The molecule has 0 amide bonds. The van der Waals surface area contributed by atoms with E-state index in [2.05, 4.69) is 0 Å². The topological polar surface area (TPSA) is 43.1 Å². The molecule has 2 nitrogen and oxygen atoms in total. The van der Waals surface area contributed by atoms with E-state index in [0.717, 1.165) is 0 Å². The first kappa shape index (κ1) is 11.9. The van der Waals surface area contributed by atoms with E-state index in [0.29, 0.717) is 6.42 Å². The van der Waals surface area contributed by atoms with Crippen molar-refractivity contribution in [3.63, 3.8) is 0 Å². The molecule has 0 aliphatic carbocycles. The van der Waals surface area contributed by atoms with Crippen molar-refractivity contribution in [2.75, 3.05) is 11.5 Å². The number of hydrogen-bond donors (Lipinski definition) is 1. The highest BCUT2D eigenvalue weighted by Crippen LogP contribution is 2.16. The molecule has 74 valence electrons. The fourth-order valence-electron chi connectivity index (χ4n) is 0.572. The molecule has 0 bridgehead atoms. The Kier molecular flexibility index (Phi) is 4.77. The highest BCUT2D eigenvalue weighted by Gasteiger charge is 2.30. The van der Waals surface area contributed by atoms with Crippen molar-refractivity contribution in [2.45, 2.75) is 25.6 Å². The van der Waals surface area contributed by atoms with Crippen molar-refractivity contribution in [1.82, 2.24) is 0 Å². The summed E-state index contributed by atoms with van der Waals surface area (Å²) in [6.45, 7) is 1.67. The molecule has 0 radical (unpaired) electrons. The van der Waals surface area contributed by atoms with E-state index in [9.17, 15) is 17.4 Å². The molecule has 0 aromatic heterocycles. The number of nitrogens with two attached hydrogens (primary N) is 1. The van der Waals surface area contributed by atoms with Crippen LogP contribution < -0.4 is 5.73 Å². The van der Waals surface area contributed by atoms with Gasteiger partial charge in [0.25, 0.3) is 0 Å². The standard InChI is InChI=1S/C6H12F3NOS/c1-5(10)2-3-12(11)4-6(7,8)9/h5H,2-4,10H2,1H3. The van der Waals surface area contributed by atoms with Crippen molar-refractivity contribution in [2.24, 2.45) is 5.73 Å². The Bertz CT molecular complexity index is 157. The van der Waals surface area contributed by atoms with Crippen LogP contribution in [0.25, 0.3) is 0 Å². The van der Waals surface area contributed by atoms with Crippen LogP contribution in [0.4, 0.5) is 13.2 Å². The lowest BCUT2D eigenvalue weighted by Crippen LogP contribution is -2.23. The normalized spacial score (nSPS) is 17.4. The predicted octanol–water partition coefficient (Wildman–Crippen LogP) is 1.03. The van der Waals surface area contributed by atoms with Crippen LogP contribution in [0.15, 0.2) is 0 Å². The van der Waals surface area contributed by atoms with Crippen LogP contribution in [0.5, 0.6) is 0 Å². The lowest BCUT2D eigenvalue weighted by molar-refractivity contribution is -0.105. The van der Waals surface area contributed by atoms with E-state index in [1.807, 2.05) is 0 Å². The second-order valence-corrected chi connectivity index (χ2v) is 4.25. The summed E-state index contributed by atoms with van der Waals surface area (Å²) in [5.41, 5.74) is 5.29. The third kappa shape index (κ3) is 8.00. The zero-order valence-electron chi connectivity index (χ0n) is 6.73. The molecule has 2 N–H and O–H groups in total. The van der Waals surface area contributed by atoms with Gasteiger partial charge in [0, 0.05) is 22.6 Å². The number of alkyl halides is 3. The van der Waals surface area contributed by atoms with Gasteiger partial charge in [0.15, 0.2) is 0 Å². The van der Waals surface area contributed by atoms with Gasteiger partial charge in [-0.05, 0) is 13.3 Å². The van der Waals surface area contributed by atoms with Gasteiger partial charge in [-0.1, -0.05) is 0 Å². The van der Waals surface area contributed by atoms with Crippen LogP contribution in [-0.2, 0) is 10.8 Å². The van der Waals surface area contributed by atoms with Gasteiger partial charge < -0.3 is 5.73 Å². The highest BCUT2D eigenvalue weighted by molar-refractivity contribution is 7.85. The predicted molar refractivity (Wildman–Crippen MR) is 42.2 cm³/mol. The Labute approximate surface area is 71.8 Å². The summed E-state index contributed by atoms with van der Waals surface area (Å²) < 4.78 is 45.5. The molecule has 0 aromatic rings. The average molecular weight is 203 g/mol. The number of rotatable bonds is 4. The van der Waals surface area contributed by atoms with Gasteiger partial charge >= 0.3 is 6.18 Å². The molecule has 12 heavy (non-hydrogen) atoms. The van der Waals surface area contributed by atoms with E-state index in [1.165, 1.54) is 0 Å². The molecule has 0 spiro atoms. The molecule has 0 heterocycles. The molecule has 0 aromatic carbocycles. The fourth-order valence-corrected chi connectivity index (χ4v) is 1.72. The summed E-state index contributed by atoms with van der Waals surface area (Å²) in [5.74, 6) is -1.20. The van der Waals surface area contributed by atoms with Gasteiger partial charge in [-0.25, -0.2) is 0 Å². The molecule has 0 rings (SSSR count). The second-order valence-electron chi connectivity index (χ2n) is 2.67. The zero-order valence-corrected chi connectivity index (χ0v) is 7.54. The van der Waals surface area contributed by atoms with Crippen molar-refractivity contribution < 1.29 is 17.4 Å². The SMILES string of the molecule is CC(N)CCS(=O)CC(F)(F)F.